The molecule has 5 atom stereocenters. The molecule has 35 heavy (non-hydrogen) atoms. The van der Waals surface area contributed by atoms with Gasteiger partial charge >= 0.3 is 0 Å². The number of ether oxygens (including phenoxy) is 1. The van der Waals surface area contributed by atoms with Gasteiger partial charge < -0.3 is 15.4 Å². The number of para-hydroxylation sites is 1. The summed E-state index contributed by atoms with van der Waals surface area (Å²) in [5.41, 5.74) is 4.01. The SMILES string of the molecule is COc1ccccc1CNC1C2CC(C)CCCC(C2)N[C@@H]1C(c1ccccc1)c1ccccc1. The van der Waals surface area contributed by atoms with Gasteiger partial charge in [0.05, 0.1) is 7.11 Å². The zero-order valence-corrected chi connectivity index (χ0v) is 21.2. The largest absolute Gasteiger partial charge is 0.496 e. The van der Waals surface area contributed by atoms with Crippen molar-refractivity contribution in [2.75, 3.05) is 7.11 Å². The zero-order valence-electron chi connectivity index (χ0n) is 21.2. The van der Waals surface area contributed by atoms with Crippen molar-refractivity contribution in [3.05, 3.63) is 102 Å². The lowest BCUT2D eigenvalue weighted by molar-refractivity contribution is 0.122. The molecule has 0 radical (unpaired) electrons. The van der Waals surface area contributed by atoms with E-state index in [1.807, 2.05) is 0 Å². The maximum Gasteiger partial charge on any atom is 0.123 e. The van der Waals surface area contributed by atoms with Gasteiger partial charge in [0.25, 0.3) is 0 Å². The molecule has 1 aliphatic heterocycles. The molecule has 1 saturated carbocycles. The lowest BCUT2D eigenvalue weighted by Crippen LogP contribution is -2.62. The van der Waals surface area contributed by atoms with Crippen LogP contribution in [0.2, 0.25) is 0 Å². The summed E-state index contributed by atoms with van der Waals surface area (Å²) in [7, 11) is 1.77. The van der Waals surface area contributed by atoms with Crippen LogP contribution in [0.25, 0.3) is 0 Å². The van der Waals surface area contributed by atoms with Gasteiger partial charge in [-0.1, -0.05) is 98.6 Å². The van der Waals surface area contributed by atoms with E-state index in [2.05, 4.69) is 102 Å². The predicted molar refractivity (Wildman–Crippen MR) is 145 cm³/mol. The Hall–Kier alpha value is -2.62. The van der Waals surface area contributed by atoms with Crippen LogP contribution in [-0.2, 0) is 6.54 Å². The van der Waals surface area contributed by atoms with Gasteiger partial charge in [0.2, 0.25) is 0 Å². The van der Waals surface area contributed by atoms with Crippen molar-refractivity contribution in [1.29, 1.82) is 0 Å². The van der Waals surface area contributed by atoms with Crippen LogP contribution < -0.4 is 15.4 Å². The van der Waals surface area contributed by atoms with Crippen LogP contribution in [0.3, 0.4) is 0 Å². The molecular weight excluding hydrogens is 428 g/mol. The first-order valence-corrected chi connectivity index (χ1v) is 13.4. The third-order valence-corrected chi connectivity index (χ3v) is 8.26. The molecule has 3 heteroatoms. The highest BCUT2D eigenvalue weighted by molar-refractivity contribution is 5.36. The molecule has 2 fully saturated rings. The average molecular weight is 469 g/mol. The Morgan fingerprint density at radius 2 is 1.51 bits per heavy atom. The molecular formula is C32H40N2O. The monoisotopic (exact) mass is 468 g/mol. The molecule has 0 spiro atoms. The van der Waals surface area contributed by atoms with Crippen molar-refractivity contribution in [2.45, 2.75) is 69.6 Å². The second-order valence-electron chi connectivity index (χ2n) is 10.7. The lowest BCUT2D eigenvalue weighted by Gasteiger charge is -2.48. The summed E-state index contributed by atoms with van der Waals surface area (Å²) >= 11 is 0. The third kappa shape index (κ3) is 5.63. The first-order valence-electron chi connectivity index (χ1n) is 13.4. The minimum atomic E-state index is 0.299. The Balaban J connectivity index is 1.52. The standard InChI is InChI=1S/C32H40N2O/c1-23-12-11-18-28-21-27(20-23)31(33-22-26-17-9-10-19-29(26)35-2)32(34-28)30(24-13-5-3-6-14-24)25-15-7-4-8-16-25/h3-10,13-17,19,23,27-28,30-34H,11-12,18,20-22H2,1-2H3/t23?,27?,28?,31?,32-/m1/s1. The van der Waals surface area contributed by atoms with Crippen molar-refractivity contribution in [3.8, 4) is 5.75 Å². The number of nitrogens with one attached hydrogen (secondary N) is 2. The van der Waals surface area contributed by atoms with Gasteiger partial charge in [-0.25, -0.2) is 0 Å². The van der Waals surface area contributed by atoms with Gasteiger partial charge in [0.1, 0.15) is 5.75 Å². The Bertz CT molecular complexity index is 1010. The van der Waals surface area contributed by atoms with Gasteiger partial charge in [-0.2, -0.15) is 0 Å². The summed E-state index contributed by atoms with van der Waals surface area (Å²) in [6.45, 7) is 3.28. The van der Waals surface area contributed by atoms with Gasteiger partial charge in [-0.05, 0) is 48.3 Å². The zero-order chi connectivity index (χ0) is 24.0. The number of hydrogen-bond acceptors (Lipinski definition) is 3. The molecule has 3 aromatic rings. The molecule has 1 heterocycles. The fourth-order valence-corrected chi connectivity index (χ4v) is 6.64. The van der Waals surface area contributed by atoms with E-state index < -0.39 is 0 Å². The molecule has 0 amide bonds. The first kappa shape index (κ1) is 24.1. The van der Waals surface area contributed by atoms with Crippen LogP contribution in [0, 0.1) is 11.8 Å². The second-order valence-corrected chi connectivity index (χ2v) is 10.7. The number of benzene rings is 3. The average Bonchev–Trinajstić information content (AvgIpc) is 2.89. The minimum absolute atomic E-state index is 0.299. The van der Waals surface area contributed by atoms with E-state index in [0.29, 0.717) is 30.0 Å². The fourth-order valence-electron chi connectivity index (χ4n) is 6.64. The molecule has 1 aliphatic carbocycles. The number of rotatable bonds is 7. The number of fused-ring (bicyclic) bond motifs is 2. The molecule has 2 N–H and O–H groups in total. The molecule has 184 valence electrons. The highest BCUT2D eigenvalue weighted by atomic mass is 16.5. The van der Waals surface area contributed by atoms with Gasteiger partial charge in [0.15, 0.2) is 0 Å². The van der Waals surface area contributed by atoms with Gasteiger partial charge in [-0.15, -0.1) is 0 Å². The van der Waals surface area contributed by atoms with Crippen molar-refractivity contribution >= 4 is 0 Å². The van der Waals surface area contributed by atoms with Crippen molar-refractivity contribution in [2.24, 2.45) is 11.8 Å². The van der Waals surface area contributed by atoms with Gasteiger partial charge in [0, 0.05) is 36.2 Å². The fraction of sp³-hybridized carbons (Fsp3) is 0.438. The van der Waals surface area contributed by atoms with Crippen LogP contribution in [-0.4, -0.2) is 25.2 Å². The predicted octanol–water partition coefficient (Wildman–Crippen LogP) is 6.54. The van der Waals surface area contributed by atoms with Crippen LogP contribution in [0.15, 0.2) is 84.9 Å². The Morgan fingerprint density at radius 1 is 0.857 bits per heavy atom. The van der Waals surface area contributed by atoms with Crippen molar-refractivity contribution < 1.29 is 4.74 Å². The smallest absolute Gasteiger partial charge is 0.123 e. The highest BCUT2D eigenvalue weighted by Gasteiger charge is 2.42. The van der Waals surface area contributed by atoms with Crippen LogP contribution in [0.1, 0.15) is 61.6 Å². The molecule has 4 unspecified atom stereocenters. The van der Waals surface area contributed by atoms with Gasteiger partial charge in [-0.3, -0.25) is 0 Å². The Labute approximate surface area is 211 Å². The maximum absolute atomic E-state index is 5.68. The molecule has 2 bridgehead atoms. The molecule has 3 nitrogen and oxygen atoms in total. The van der Waals surface area contributed by atoms with E-state index in [1.165, 1.54) is 48.8 Å². The molecule has 0 aromatic heterocycles. The molecule has 3 aromatic carbocycles. The van der Waals surface area contributed by atoms with E-state index in [9.17, 15) is 0 Å². The van der Waals surface area contributed by atoms with Crippen LogP contribution >= 0.6 is 0 Å². The van der Waals surface area contributed by atoms with Crippen LogP contribution in [0.5, 0.6) is 5.75 Å². The van der Waals surface area contributed by atoms with E-state index in [0.717, 1.165) is 18.2 Å². The molecule has 5 rings (SSSR count). The summed E-state index contributed by atoms with van der Waals surface area (Å²) in [6.07, 6.45) is 6.53. The first-order chi connectivity index (χ1) is 17.2. The normalized spacial score (nSPS) is 26.7. The third-order valence-electron chi connectivity index (χ3n) is 8.26. The quantitative estimate of drug-likeness (QED) is 0.413. The van der Waals surface area contributed by atoms with E-state index in [-0.39, 0.29) is 0 Å². The van der Waals surface area contributed by atoms with Crippen molar-refractivity contribution in [1.82, 2.24) is 10.6 Å². The number of piperidine rings is 1. The Kier molecular flexibility index (Phi) is 7.85. The highest BCUT2D eigenvalue weighted by Crippen LogP contribution is 2.40. The number of hydrogen-bond donors (Lipinski definition) is 2. The molecule has 1 saturated heterocycles. The van der Waals surface area contributed by atoms with E-state index in [4.69, 9.17) is 4.74 Å². The van der Waals surface area contributed by atoms with E-state index >= 15 is 0 Å². The minimum Gasteiger partial charge on any atom is -0.496 e. The summed E-state index contributed by atoms with van der Waals surface area (Å²) in [4.78, 5) is 0. The maximum atomic E-state index is 5.68. The summed E-state index contributed by atoms with van der Waals surface area (Å²) in [5.74, 6) is 2.70. The van der Waals surface area contributed by atoms with Crippen molar-refractivity contribution in [3.63, 3.8) is 0 Å². The van der Waals surface area contributed by atoms with Crippen LogP contribution in [0.4, 0.5) is 0 Å². The number of methoxy groups -OCH3 is 1. The van der Waals surface area contributed by atoms with E-state index in [1.54, 1.807) is 7.11 Å². The Morgan fingerprint density at radius 3 is 2.20 bits per heavy atom. The lowest BCUT2D eigenvalue weighted by atomic mass is 9.69. The summed E-state index contributed by atoms with van der Waals surface area (Å²) in [5, 5.41) is 8.25. The summed E-state index contributed by atoms with van der Waals surface area (Å²) in [6, 6.07) is 31.9. The topological polar surface area (TPSA) is 33.3 Å². The second kappa shape index (κ2) is 11.4. The summed E-state index contributed by atoms with van der Waals surface area (Å²) < 4.78 is 5.68. The molecule has 2 aliphatic rings.